The van der Waals surface area contributed by atoms with Gasteiger partial charge in [0.1, 0.15) is 0 Å². The summed E-state index contributed by atoms with van der Waals surface area (Å²) in [5.41, 5.74) is 0. The van der Waals surface area contributed by atoms with Crippen molar-refractivity contribution < 1.29 is 9.59 Å². The van der Waals surface area contributed by atoms with Gasteiger partial charge < -0.3 is 20.9 Å². The summed E-state index contributed by atoms with van der Waals surface area (Å²) < 4.78 is 0. The number of nitrogens with zero attached hydrogens (tertiary/aromatic N) is 3. The average Bonchev–Trinajstić information content (AvgIpc) is 3.36. The van der Waals surface area contributed by atoms with E-state index in [4.69, 9.17) is 0 Å². The van der Waals surface area contributed by atoms with Gasteiger partial charge in [-0.1, -0.05) is 0 Å². The molecule has 24 heavy (non-hydrogen) atoms. The Labute approximate surface area is 159 Å². The molecule has 3 N–H and O–H groups in total. The molecule has 0 radical (unpaired) electrons. The van der Waals surface area contributed by atoms with E-state index in [2.05, 4.69) is 25.8 Å². The second-order valence-electron chi connectivity index (χ2n) is 6.39. The molecule has 136 valence electrons. The van der Waals surface area contributed by atoms with Gasteiger partial charge in [-0.25, -0.2) is 4.79 Å². The summed E-state index contributed by atoms with van der Waals surface area (Å²) in [7, 11) is 1.74. The van der Waals surface area contributed by atoms with Gasteiger partial charge in [-0.05, 0) is 25.7 Å². The summed E-state index contributed by atoms with van der Waals surface area (Å²) in [6.07, 6.45) is 4.99. The first kappa shape index (κ1) is 19.2. The minimum Gasteiger partial charge on any atom is -0.355 e. The summed E-state index contributed by atoms with van der Waals surface area (Å²) in [4.78, 5) is 31.0. The van der Waals surface area contributed by atoms with Crippen LogP contribution in [0.3, 0.4) is 0 Å². The summed E-state index contributed by atoms with van der Waals surface area (Å²) in [5, 5.41) is 9.14. The third-order valence-electron chi connectivity index (χ3n) is 4.72. The highest BCUT2D eigenvalue weighted by atomic mass is 127. The van der Waals surface area contributed by atoms with Gasteiger partial charge in [-0.15, -0.1) is 24.0 Å². The lowest BCUT2D eigenvalue weighted by Gasteiger charge is -2.33. The van der Waals surface area contributed by atoms with Gasteiger partial charge in [0.15, 0.2) is 5.96 Å². The van der Waals surface area contributed by atoms with Crippen molar-refractivity contribution in [3.05, 3.63) is 0 Å². The van der Waals surface area contributed by atoms with Crippen molar-refractivity contribution in [2.75, 3.05) is 39.8 Å². The first-order valence-electron chi connectivity index (χ1n) is 8.47. The molecule has 0 aromatic rings. The topological polar surface area (TPSA) is 89.1 Å². The third kappa shape index (κ3) is 4.95. The molecule has 0 unspecified atom stereocenters. The maximum Gasteiger partial charge on any atom is 0.324 e. The van der Waals surface area contributed by atoms with Crippen molar-refractivity contribution in [3.63, 3.8) is 0 Å². The van der Waals surface area contributed by atoms with Crippen LogP contribution in [0.15, 0.2) is 4.99 Å². The Morgan fingerprint density at radius 3 is 2.50 bits per heavy atom. The molecule has 0 aromatic carbocycles. The number of hydrogen-bond donors (Lipinski definition) is 3. The van der Waals surface area contributed by atoms with Crippen LogP contribution in [0.4, 0.5) is 4.79 Å². The monoisotopic (exact) mass is 450 g/mol. The van der Waals surface area contributed by atoms with E-state index in [1.807, 2.05) is 0 Å². The lowest BCUT2D eigenvalue weighted by atomic mass is 10.1. The number of nitrogens with one attached hydrogen (secondary N) is 3. The highest BCUT2D eigenvalue weighted by Gasteiger charge is 2.32. The molecule has 3 aliphatic rings. The van der Waals surface area contributed by atoms with E-state index in [-0.39, 0.29) is 42.5 Å². The number of guanidine groups is 1. The first-order valence-corrected chi connectivity index (χ1v) is 8.47. The summed E-state index contributed by atoms with van der Waals surface area (Å²) >= 11 is 0. The van der Waals surface area contributed by atoms with Crippen molar-refractivity contribution in [2.45, 2.75) is 37.8 Å². The maximum atomic E-state index is 11.5. The fraction of sp³-hybridized carbons (Fsp3) is 0.800. The van der Waals surface area contributed by atoms with Gasteiger partial charge in [0.05, 0.1) is 6.54 Å². The number of rotatable bonds is 5. The largest absolute Gasteiger partial charge is 0.355 e. The fourth-order valence-electron chi connectivity index (χ4n) is 3.20. The number of carbonyl (C=O) groups excluding carboxylic acids is 2. The van der Waals surface area contributed by atoms with Crippen LogP contribution in [0, 0.1) is 0 Å². The molecule has 2 aliphatic heterocycles. The number of piperidine rings is 1. The SMILES string of the molecule is CN=C(NCCN1C(=O)CNC1=O)NC1CCN(C2CC2)CC1.I. The van der Waals surface area contributed by atoms with Crippen molar-refractivity contribution in [3.8, 4) is 0 Å². The molecule has 3 rings (SSSR count). The van der Waals surface area contributed by atoms with Crippen LogP contribution in [0.2, 0.25) is 0 Å². The molecule has 3 amide bonds. The highest BCUT2D eigenvalue weighted by Crippen LogP contribution is 2.29. The van der Waals surface area contributed by atoms with Crippen LogP contribution >= 0.6 is 24.0 Å². The minimum atomic E-state index is -0.313. The van der Waals surface area contributed by atoms with Crippen molar-refractivity contribution in [2.24, 2.45) is 4.99 Å². The maximum absolute atomic E-state index is 11.5. The Morgan fingerprint density at radius 2 is 1.96 bits per heavy atom. The van der Waals surface area contributed by atoms with Gasteiger partial charge in [0.2, 0.25) is 5.91 Å². The highest BCUT2D eigenvalue weighted by molar-refractivity contribution is 14.0. The van der Waals surface area contributed by atoms with Crippen LogP contribution in [-0.2, 0) is 4.79 Å². The number of carbonyl (C=O) groups is 2. The summed E-state index contributed by atoms with van der Waals surface area (Å²) in [5.74, 6) is 0.564. The molecule has 0 spiro atoms. The van der Waals surface area contributed by atoms with Crippen molar-refractivity contribution in [1.29, 1.82) is 0 Å². The standard InChI is InChI=1S/C15H26N6O2.HI/c1-16-14(17-6-9-21-13(22)10-18-15(21)23)19-11-4-7-20(8-5-11)12-2-3-12;/h11-12H,2-10H2,1H3,(H,18,23)(H2,16,17,19);1H. The lowest BCUT2D eigenvalue weighted by molar-refractivity contribution is -0.124. The van der Waals surface area contributed by atoms with Gasteiger partial charge in [-0.2, -0.15) is 0 Å². The first-order chi connectivity index (χ1) is 11.2. The molecule has 1 saturated carbocycles. The molecule has 2 heterocycles. The summed E-state index contributed by atoms with van der Waals surface area (Å²) in [6.45, 7) is 3.26. The van der Waals surface area contributed by atoms with E-state index < -0.39 is 0 Å². The van der Waals surface area contributed by atoms with Crippen molar-refractivity contribution in [1.82, 2.24) is 25.8 Å². The second kappa shape index (κ2) is 8.84. The number of likely N-dealkylation sites (tertiary alicyclic amines) is 1. The van der Waals surface area contributed by atoms with Gasteiger partial charge in [0, 0.05) is 45.3 Å². The third-order valence-corrected chi connectivity index (χ3v) is 4.72. The Bertz CT molecular complexity index is 472. The zero-order valence-corrected chi connectivity index (χ0v) is 16.4. The molecular weight excluding hydrogens is 423 g/mol. The van der Waals surface area contributed by atoms with Gasteiger partial charge in [0.25, 0.3) is 0 Å². The molecule has 3 fully saturated rings. The van der Waals surface area contributed by atoms with Gasteiger partial charge in [-0.3, -0.25) is 14.7 Å². The summed E-state index contributed by atoms with van der Waals surface area (Å²) in [6, 6.07) is 0.970. The molecule has 2 saturated heterocycles. The van der Waals surface area contributed by atoms with E-state index in [9.17, 15) is 9.59 Å². The smallest absolute Gasteiger partial charge is 0.324 e. The van der Waals surface area contributed by atoms with Crippen LogP contribution in [0.5, 0.6) is 0 Å². The number of aliphatic imine (C=N–C) groups is 1. The number of amides is 3. The van der Waals surface area contributed by atoms with Gasteiger partial charge >= 0.3 is 6.03 Å². The Kier molecular flexibility index (Phi) is 7.08. The van der Waals surface area contributed by atoms with Crippen molar-refractivity contribution >= 4 is 41.9 Å². The van der Waals surface area contributed by atoms with Crippen LogP contribution in [0.1, 0.15) is 25.7 Å². The molecule has 8 nitrogen and oxygen atoms in total. The zero-order valence-electron chi connectivity index (χ0n) is 14.1. The number of urea groups is 1. The van der Waals surface area contributed by atoms with E-state index in [0.29, 0.717) is 19.1 Å². The quantitative estimate of drug-likeness (QED) is 0.237. The Hall–Kier alpha value is -1.10. The van der Waals surface area contributed by atoms with Crippen LogP contribution in [0.25, 0.3) is 0 Å². The van der Waals surface area contributed by atoms with E-state index >= 15 is 0 Å². The van der Waals surface area contributed by atoms with Crippen LogP contribution < -0.4 is 16.0 Å². The fourth-order valence-corrected chi connectivity index (χ4v) is 3.20. The molecule has 1 aliphatic carbocycles. The number of halogens is 1. The second-order valence-corrected chi connectivity index (χ2v) is 6.39. The zero-order chi connectivity index (χ0) is 16.2. The molecular formula is C15H27IN6O2. The molecule has 0 atom stereocenters. The average molecular weight is 450 g/mol. The number of imide groups is 1. The van der Waals surface area contributed by atoms with Crippen LogP contribution in [-0.4, -0.2) is 79.6 Å². The minimum absolute atomic E-state index is 0. The lowest BCUT2D eigenvalue weighted by Crippen LogP contribution is -2.50. The molecule has 9 heteroatoms. The Morgan fingerprint density at radius 1 is 1.25 bits per heavy atom. The predicted octanol–water partition coefficient (Wildman–Crippen LogP) is -0.0520. The molecule has 0 bridgehead atoms. The van der Waals surface area contributed by atoms with E-state index in [0.717, 1.165) is 37.9 Å². The van der Waals surface area contributed by atoms with E-state index in [1.165, 1.54) is 17.7 Å². The molecule has 0 aromatic heterocycles. The normalized spacial score (nSPS) is 23.0. The Balaban J connectivity index is 0.00000208. The number of hydrogen-bond acceptors (Lipinski definition) is 4. The van der Waals surface area contributed by atoms with E-state index in [1.54, 1.807) is 7.05 Å². The predicted molar refractivity (Wildman–Crippen MR) is 103 cm³/mol.